The summed E-state index contributed by atoms with van der Waals surface area (Å²) in [6.45, 7) is 0.946. The van der Waals surface area contributed by atoms with E-state index < -0.39 is 5.97 Å². The zero-order valence-corrected chi connectivity index (χ0v) is 11.3. The Morgan fingerprint density at radius 1 is 1.33 bits per heavy atom. The molecule has 9 heteroatoms. The number of hydrogen-bond donors (Lipinski definition) is 3. The van der Waals surface area contributed by atoms with Crippen molar-refractivity contribution in [1.82, 2.24) is 19.9 Å². The molecule has 0 aliphatic carbocycles. The third-order valence-electron chi connectivity index (χ3n) is 2.42. The van der Waals surface area contributed by atoms with Crippen LogP contribution in [0.2, 0.25) is 0 Å². The molecule has 0 aromatic carbocycles. The fourth-order valence-corrected chi connectivity index (χ4v) is 1.51. The quantitative estimate of drug-likeness (QED) is 0.634. The van der Waals surface area contributed by atoms with Crippen LogP contribution in [0.15, 0.2) is 24.9 Å². The maximum absolute atomic E-state index is 11.3. The summed E-state index contributed by atoms with van der Waals surface area (Å²) < 4.78 is 4.88. The first-order valence-electron chi connectivity index (χ1n) is 6.06. The molecule has 9 nitrogen and oxygen atoms in total. The van der Waals surface area contributed by atoms with Crippen molar-refractivity contribution in [2.24, 2.45) is 0 Å². The second-order valence-electron chi connectivity index (χ2n) is 3.93. The molecular weight excluding hydrogens is 276 g/mol. The van der Waals surface area contributed by atoms with Gasteiger partial charge in [0.25, 0.3) is 0 Å². The molecule has 2 aromatic rings. The standard InChI is InChI=1S/C12H14N6O3/c1-21-3-2-15-12-16-6-9(10(18-12)11(19)20)17-8-4-13-7-14-5-8/h4-7,17H,2-3H2,1H3,(H,19,20)(H,15,16,18). The van der Waals surface area contributed by atoms with Gasteiger partial charge in [0.15, 0.2) is 5.69 Å². The van der Waals surface area contributed by atoms with Gasteiger partial charge in [-0.05, 0) is 0 Å². The van der Waals surface area contributed by atoms with Crippen molar-refractivity contribution in [2.75, 3.05) is 30.9 Å². The molecular formula is C12H14N6O3. The number of ether oxygens (including phenoxy) is 1. The molecule has 0 aliphatic heterocycles. The first-order chi connectivity index (χ1) is 10.2. The summed E-state index contributed by atoms with van der Waals surface area (Å²) >= 11 is 0. The van der Waals surface area contributed by atoms with Gasteiger partial charge in [-0.2, -0.15) is 0 Å². The number of hydrogen-bond acceptors (Lipinski definition) is 8. The van der Waals surface area contributed by atoms with Crippen molar-refractivity contribution in [3.05, 3.63) is 30.6 Å². The second-order valence-corrected chi connectivity index (χ2v) is 3.93. The van der Waals surface area contributed by atoms with Gasteiger partial charge in [0.1, 0.15) is 6.33 Å². The predicted molar refractivity (Wildman–Crippen MR) is 74.7 cm³/mol. The minimum atomic E-state index is -1.16. The number of nitrogens with zero attached hydrogens (tertiary/aromatic N) is 4. The fourth-order valence-electron chi connectivity index (χ4n) is 1.51. The molecule has 3 N–H and O–H groups in total. The van der Waals surface area contributed by atoms with E-state index in [-0.39, 0.29) is 17.3 Å². The summed E-state index contributed by atoms with van der Waals surface area (Å²) in [7, 11) is 1.57. The molecule has 0 saturated heterocycles. The van der Waals surface area contributed by atoms with Crippen molar-refractivity contribution in [3.8, 4) is 0 Å². The molecule has 110 valence electrons. The summed E-state index contributed by atoms with van der Waals surface area (Å²) in [5.74, 6) is -0.939. The van der Waals surface area contributed by atoms with Crippen LogP contribution in [0.1, 0.15) is 10.5 Å². The lowest BCUT2D eigenvalue weighted by atomic mass is 10.3. The molecule has 2 aromatic heterocycles. The largest absolute Gasteiger partial charge is 0.476 e. The average Bonchev–Trinajstić information content (AvgIpc) is 2.50. The van der Waals surface area contributed by atoms with Gasteiger partial charge >= 0.3 is 5.97 Å². The highest BCUT2D eigenvalue weighted by Crippen LogP contribution is 2.18. The number of rotatable bonds is 7. The summed E-state index contributed by atoms with van der Waals surface area (Å²) in [5.41, 5.74) is 0.659. The molecule has 0 spiro atoms. The van der Waals surface area contributed by atoms with E-state index in [9.17, 15) is 9.90 Å². The van der Waals surface area contributed by atoms with Crippen LogP contribution in [0.4, 0.5) is 17.3 Å². The van der Waals surface area contributed by atoms with Crippen LogP contribution in [0, 0.1) is 0 Å². The maximum atomic E-state index is 11.3. The smallest absolute Gasteiger partial charge is 0.356 e. The SMILES string of the molecule is COCCNc1ncc(Nc2cncnc2)c(C(=O)O)n1. The first kappa shape index (κ1) is 14.6. The van der Waals surface area contributed by atoms with Crippen LogP contribution in [-0.2, 0) is 4.74 Å². The number of carbonyl (C=O) groups is 1. The Morgan fingerprint density at radius 2 is 2.10 bits per heavy atom. The minimum absolute atomic E-state index is 0.145. The molecule has 0 unspecified atom stereocenters. The Balaban J connectivity index is 2.19. The number of carboxylic acids is 1. The molecule has 0 atom stereocenters. The lowest BCUT2D eigenvalue weighted by Crippen LogP contribution is -2.13. The van der Waals surface area contributed by atoms with Gasteiger partial charge in [0.2, 0.25) is 5.95 Å². The van der Waals surface area contributed by atoms with Crippen molar-refractivity contribution < 1.29 is 14.6 Å². The van der Waals surface area contributed by atoms with Gasteiger partial charge in [-0.1, -0.05) is 0 Å². The minimum Gasteiger partial charge on any atom is -0.476 e. The Labute approximate surface area is 120 Å². The molecule has 0 aliphatic rings. The predicted octanol–water partition coefficient (Wildman–Crippen LogP) is 0.767. The van der Waals surface area contributed by atoms with Crippen LogP contribution in [0.25, 0.3) is 0 Å². The van der Waals surface area contributed by atoms with Crippen molar-refractivity contribution in [2.45, 2.75) is 0 Å². The van der Waals surface area contributed by atoms with Gasteiger partial charge in [-0.3, -0.25) is 0 Å². The molecule has 2 rings (SSSR count). The zero-order chi connectivity index (χ0) is 15.1. The molecule has 0 amide bonds. The Bertz CT molecular complexity index is 607. The molecule has 0 saturated carbocycles. The van der Waals surface area contributed by atoms with Crippen molar-refractivity contribution >= 4 is 23.3 Å². The summed E-state index contributed by atoms with van der Waals surface area (Å²) in [6.07, 6.45) is 5.80. The third kappa shape index (κ3) is 4.08. The lowest BCUT2D eigenvalue weighted by molar-refractivity contribution is 0.0691. The van der Waals surface area contributed by atoms with Crippen LogP contribution in [-0.4, -0.2) is 51.3 Å². The molecule has 0 radical (unpaired) electrons. The summed E-state index contributed by atoms with van der Waals surface area (Å²) in [5, 5.41) is 15.0. The highest BCUT2D eigenvalue weighted by atomic mass is 16.5. The molecule has 2 heterocycles. The van der Waals surface area contributed by atoms with Gasteiger partial charge < -0.3 is 20.5 Å². The molecule has 0 bridgehead atoms. The van der Waals surface area contributed by atoms with Crippen molar-refractivity contribution in [1.29, 1.82) is 0 Å². The Kier molecular flexibility index (Phi) is 4.94. The monoisotopic (exact) mass is 290 g/mol. The second kappa shape index (κ2) is 7.10. The Morgan fingerprint density at radius 3 is 2.76 bits per heavy atom. The number of anilines is 3. The number of nitrogens with one attached hydrogen (secondary N) is 2. The van der Waals surface area contributed by atoms with Crippen LogP contribution < -0.4 is 10.6 Å². The topological polar surface area (TPSA) is 122 Å². The van der Waals surface area contributed by atoms with Crippen molar-refractivity contribution in [3.63, 3.8) is 0 Å². The number of carboxylic acid groups (broad SMARTS) is 1. The van der Waals surface area contributed by atoms with E-state index in [1.165, 1.54) is 24.9 Å². The molecule has 21 heavy (non-hydrogen) atoms. The lowest BCUT2D eigenvalue weighted by Gasteiger charge is -2.10. The molecule has 0 fully saturated rings. The van der Waals surface area contributed by atoms with E-state index in [0.717, 1.165) is 0 Å². The van der Waals surface area contributed by atoms with Gasteiger partial charge in [-0.25, -0.2) is 24.7 Å². The third-order valence-corrected chi connectivity index (χ3v) is 2.42. The maximum Gasteiger partial charge on any atom is 0.356 e. The first-order valence-corrected chi connectivity index (χ1v) is 6.06. The van der Waals surface area contributed by atoms with Crippen LogP contribution >= 0.6 is 0 Å². The highest BCUT2D eigenvalue weighted by Gasteiger charge is 2.14. The average molecular weight is 290 g/mol. The van der Waals surface area contributed by atoms with E-state index in [2.05, 4.69) is 30.6 Å². The normalized spacial score (nSPS) is 10.1. The number of aromatic nitrogens is 4. The van der Waals surface area contributed by atoms with Gasteiger partial charge in [0, 0.05) is 13.7 Å². The van der Waals surface area contributed by atoms with E-state index in [1.54, 1.807) is 7.11 Å². The van der Waals surface area contributed by atoms with Gasteiger partial charge in [0.05, 0.1) is 36.6 Å². The summed E-state index contributed by atoms with van der Waals surface area (Å²) in [6, 6.07) is 0. The van der Waals surface area contributed by atoms with Gasteiger partial charge in [-0.15, -0.1) is 0 Å². The van der Waals surface area contributed by atoms with E-state index >= 15 is 0 Å². The van der Waals surface area contributed by atoms with Crippen LogP contribution in [0.5, 0.6) is 0 Å². The highest BCUT2D eigenvalue weighted by molar-refractivity contribution is 5.93. The van der Waals surface area contributed by atoms with Crippen LogP contribution in [0.3, 0.4) is 0 Å². The Hall–Kier alpha value is -2.81. The van der Waals surface area contributed by atoms with E-state index in [1.807, 2.05) is 0 Å². The van der Waals surface area contributed by atoms with E-state index in [4.69, 9.17) is 4.74 Å². The number of aromatic carboxylic acids is 1. The summed E-state index contributed by atoms with van der Waals surface area (Å²) in [4.78, 5) is 27.0. The zero-order valence-electron chi connectivity index (χ0n) is 11.3. The van der Waals surface area contributed by atoms with E-state index in [0.29, 0.717) is 18.8 Å². The fraction of sp³-hybridized carbons (Fsp3) is 0.250. The number of methoxy groups -OCH3 is 1.